The Hall–Kier alpha value is -1.58. The van der Waals surface area contributed by atoms with Gasteiger partial charge in [-0.2, -0.15) is 0 Å². The minimum Gasteiger partial charge on any atom is -0.495 e. The summed E-state index contributed by atoms with van der Waals surface area (Å²) in [5, 5.41) is 9.75. The van der Waals surface area contributed by atoms with E-state index in [1.807, 2.05) is 25.1 Å². The average Bonchev–Trinajstić information content (AvgIpc) is 2.41. The number of rotatable bonds is 3. The molecule has 18 heavy (non-hydrogen) atoms. The summed E-state index contributed by atoms with van der Waals surface area (Å²) in [5.74, 6) is 0.628. The van der Waals surface area contributed by atoms with Crippen molar-refractivity contribution in [3.63, 3.8) is 0 Å². The minimum atomic E-state index is -0.000767. The fourth-order valence-corrected chi connectivity index (χ4v) is 1.95. The van der Waals surface area contributed by atoms with E-state index in [-0.39, 0.29) is 6.61 Å². The molecule has 1 heterocycles. The lowest BCUT2D eigenvalue weighted by molar-refractivity contribution is 0.282. The maximum absolute atomic E-state index is 9.13. The number of aryl methyl sites for hydroxylation is 1. The van der Waals surface area contributed by atoms with Crippen LogP contribution < -0.4 is 4.74 Å². The molecule has 94 valence electrons. The molecular weight excluding hydrogens is 250 g/mol. The molecule has 0 radical (unpaired) electrons. The Kier molecular flexibility index (Phi) is 3.84. The summed E-state index contributed by atoms with van der Waals surface area (Å²) < 4.78 is 5.24. The summed E-state index contributed by atoms with van der Waals surface area (Å²) in [6, 6.07) is 7.43. The van der Waals surface area contributed by atoms with Gasteiger partial charge in [0.15, 0.2) is 0 Å². The lowest BCUT2D eigenvalue weighted by Gasteiger charge is -2.10. The third-order valence-electron chi connectivity index (χ3n) is 2.74. The lowest BCUT2D eigenvalue weighted by Crippen LogP contribution is -1.92. The molecule has 0 saturated heterocycles. The molecule has 0 aliphatic carbocycles. The number of hydrogen-bond acceptors (Lipinski definition) is 3. The molecule has 1 N–H and O–H groups in total. The summed E-state index contributed by atoms with van der Waals surface area (Å²) >= 11 is 6.13. The molecule has 4 heteroatoms. The molecule has 1 aromatic carbocycles. The average molecular weight is 264 g/mol. The van der Waals surface area contributed by atoms with Crippen molar-refractivity contribution in [3.8, 4) is 17.0 Å². The number of aliphatic hydroxyl groups excluding tert-OH is 1. The Labute approximate surface area is 111 Å². The van der Waals surface area contributed by atoms with Crippen molar-refractivity contribution in [1.82, 2.24) is 4.98 Å². The monoisotopic (exact) mass is 263 g/mol. The highest BCUT2D eigenvalue weighted by atomic mass is 35.5. The molecular formula is C14H14ClNO2. The number of hydrogen-bond donors (Lipinski definition) is 1. The van der Waals surface area contributed by atoms with Crippen LogP contribution in [0.1, 0.15) is 11.1 Å². The molecule has 2 aromatic rings. The van der Waals surface area contributed by atoms with E-state index < -0.39 is 0 Å². The Morgan fingerprint density at radius 3 is 2.78 bits per heavy atom. The number of ether oxygens (including phenoxy) is 1. The summed E-state index contributed by atoms with van der Waals surface area (Å²) in [6.07, 6.45) is 1.68. The van der Waals surface area contributed by atoms with Crippen LogP contribution in [-0.2, 0) is 6.61 Å². The molecule has 0 bridgehead atoms. The molecule has 0 amide bonds. The molecule has 0 spiro atoms. The molecule has 0 saturated carbocycles. The Balaban J connectivity index is 2.53. The number of aliphatic hydroxyl groups is 1. The molecule has 0 aliphatic rings. The zero-order valence-electron chi connectivity index (χ0n) is 10.3. The van der Waals surface area contributed by atoms with Crippen molar-refractivity contribution in [1.29, 1.82) is 0 Å². The predicted octanol–water partition coefficient (Wildman–Crippen LogP) is 3.21. The third-order valence-corrected chi connectivity index (χ3v) is 3.23. The molecule has 2 rings (SSSR count). The van der Waals surface area contributed by atoms with Crippen molar-refractivity contribution < 1.29 is 9.84 Å². The zero-order valence-corrected chi connectivity index (χ0v) is 11.0. The number of aromatic nitrogens is 1. The topological polar surface area (TPSA) is 42.4 Å². The van der Waals surface area contributed by atoms with Crippen LogP contribution in [-0.4, -0.2) is 17.2 Å². The minimum absolute atomic E-state index is 0.000767. The van der Waals surface area contributed by atoms with Crippen LogP contribution in [0.15, 0.2) is 30.5 Å². The maximum Gasteiger partial charge on any atom is 0.138 e. The van der Waals surface area contributed by atoms with Crippen LogP contribution >= 0.6 is 11.6 Å². The van der Waals surface area contributed by atoms with Crippen molar-refractivity contribution >= 4 is 11.6 Å². The van der Waals surface area contributed by atoms with Gasteiger partial charge in [-0.05, 0) is 42.3 Å². The first-order valence-electron chi connectivity index (χ1n) is 5.56. The van der Waals surface area contributed by atoms with Gasteiger partial charge in [-0.25, -0.2) is 0 Å². The quantitative estimate of drug-likeness (QED) is 0.925. The second-order valence-electron chi connectivity index (χ2n) is 4.02. The first-order valence-corrected chi connectivity index (χ1v) is 5.93. The van der Waals surface area contributed by atoms with Gasteiger partial charge in [0.2, 0.25) is 0 Å². The Morgan fingerprint density at radius 2 is 2.11 bits per heavy atom. The predicted molar refractivity (Wildman–Crippen MR) is 71.9 cm³/mol. The number of halogens is 1. The fourth-order valence-electron chi connectivity index (χ4n) is 1.76. The standard InChI is InChI=1S/C14H14ClNO2/c1-9-5-11(7-13(18-2)14(9)15)12-6-10(8-17)3-4-16-12/h3-7,17H,8H2,1-2H3. The van der Waals surface area contributed by atoms with E-state index in [1.54, 1.807) is 19.4 Å². The van der Waals surface area contributed by atoms with E-state index in [1.165, 1.54) is 0 Å². The molecule has 0 atom stereocenters. The summed E-state index contributed by atoms with van der Waals surface area (Å²) in [5.41, 5.74) is 3.47. The Bertz CT molecular complexity index is 570. The molecule has 3 nitrogen and oxygen atoms in total. The van der Waals surface area contributed by atoms with Crippen molar-refractivity contribution in [2.75, 3.05) is 7.11 Å². The zero-order chi connectivity index (χ0) is 13.1. The first-order chi connectivity index (χ1) is 8.65. The number of methoxy groups -OCH3 is 1. The van der Waals surface area contributed by atoms with Gasteiger partial charge in [0.1, 0.15) is 5.75 Å². The largest absolute Gasteiger partial charge is 0.495 e. The van der Waals surface area contributed by atoms with Crippen LogP contribution in [0.3, 0.4) is 0 Å². The molecule has 0 aliphatic heterocycles. The normalized spacial score (nSPS) is 10.4. The Morgan fingerprint density at radius 1 is 1.33 bits per heavy atom. The third kappa shape index (κ3) is 2.47. The van der Waals surface area contributed by atoms with E-state index in [0.29, 0.717) is 10.8 Å². The summed E-state index contributed by atoms with van der Waals surface area (Å²) in [7, 11) is 1.59. The van der Waals surface area contributed by atoms with Crippen LogP contribution in [0, 0.1) is 6.92 Å². The molecule has 1 aromatic heterocycles. The maximum atomic E-state index is 9.13. The lowest BCUT2D eigenvalue weighted by atomic mass is 10.1. The van der Waals surface area contributed by atoms with Gasteiger partial charge in [0.05, 0.1) is 24.4 Å². The summed E-state index contributed by atoms with van der Waals surface area (Å²) in [4.78, 5) is 4.29. The SMILES string of the molecule is COc1cc(-c2cc(CO)ccn2)cc(C)c1Cl. The van der Waals surface area contributed by atoms with Crippen molar-refractivity contribution in [2.45, 2.75) is 13.5 Å². The van der Waals surface area contributed by atoms with Gasteiger partial charge in [-0.3, -0.25) is 4.98 Å². The molecule has 0 fully saturated rings. The van der Waals surface area contributed by atoms with Crippen LogP contribution in [0.25, 0.3) is 11.3 Å². The van der Waals surface area contributed by atoms with Crippen molar-refractivity contribution in [3.05, 3.63) is 46.6 Å². The highest BCUT2D eigenvalue weighted by Crippen LogP contribution is 2.33. The van der Waals surface area contributed by atoms with E-state index in [0.717, 1.165) is 22.4 Å². The fraction of sp³-hybridized carbons (Fsp3) is 0.214. The second-order valence-corrected chi connectivity index (χ2v) is 4.39. The van der Waals surface area contributed by atoms with Crippen LogP contribution in [0.2, 0.25) is 5.02 Å². The van der Waals surface area contributed by atoms with Gasteiger partial charge >= 0.3 is 0 Å². The highest BCUT2D eigenvalue weighted by Gasteiger charge is 2.09. The van der Waals surface area contributed by atoms with E-state index in [4.69, 9.17) is 21.4 Å². The van der Waals surface area contributed by atoms with Gasteiger partial charge < -0.3 is 9.84 Å². The highest BCUT2D eigenvalue weighted by molar-refractivity contribution is 6.32. The van der Waals surface area contributed by atoms with Crippen molar-refractivity contribution in [2.24, 2.45) is 0 Å². The molecule has 0 unspecified atom stereocenters. The second kappa shape index (κ2) is 5.38. The summed E-state index contributed by atoms with van der Waals surface area (Å²) in [6.45, 7) is 1.92. The van der Waals surface area contributed by atoms with E-state index >= 15 is 0 Å². The van der Waals surface area contributed by atoms with E-state index in [2.05, 4.69) is 4.98 Å². The smallest absolute Gasteiger partial charge is 0.138 e. The van der Waals surface area contributed by atoms with E-state index in [9.17, 15) is 0 Å². The number of benzene rings is 1. The van der Waals surface area contributed by atoms with Crippen LogP contribution in [0.5, 0.6) is 5.75 Å². The van der Waals surface area contributed by atoms with Gasteiger partial charge in [0.25, 0.3) is 0 Å². The number of pyridine rings is 1. The van der Waals surface area contributed by atoms with Crippen LogP contribution in [0.4, 0.5) is 0 Å². The van der Waals surface area contributed by atoms with Gasteiger partial charge in [0, 0.05) is 11.8 Å². The van der Waals surface area contributed by atoms with Gasteiger partial charge in [-0.1, -0.05) is 11.6 Å². The van der Waals surface area contributed by atoms with Gasteiger partial charge in [-0.15, -0.1) is 0 Å². The number of nitrogens with zero attached hydrogens (tertiary/aromatic N) is 1. The first kappa shape index (κ1) is 12.9.